The minimum absolute atomic E-state index is 0.0220. The molecule has 1 aliphatic carbocycles. The highest BCUT2D eigenvalue weighted by molar-refractivity contribution is 5.79. The summed E-state index contributed by atoms with van der Waals surface area (Å²) in [5.74, 6) is 0.244. The molecule has 4 rings (SSSR count). The smallest absolute Gasteiger partial charge is 0.223 e. The summed E-state index contributed by atoms with van der Waals surface area (Å²) < 4.78 is 0. The fraction of sp³-hybridized carbons (Fsp3) is 0.478. The van der Waals surface area contributed by atoms with Crippen molar-refractivity contribution in [2.45, 2.75) is 39.2 Å². The molecule has 0 atom stereocenters. The van der Waals surface area contributed by atoms with Gasteiger partial charge in [0, 0.05) is 51.3 Å². The van der Waals surface area contributed by atoms with Gasteiger partial charge in [-0.1, -0.05) is 24.3 Å². The standard InChI is InChI=1S/C23H29N3O2/c1-17(27)25-11-8-20(9-12-25)23(28)24-16-18-5-6-19-7-13-26(22-3-2-4-22)14-10-21(19)15-18/h2-6,15,20H,7-14,16H2,1H3,(H,24,28). The highest BCUT2D eigenvalue weighted by Gasteiger charge is 2.25. The van der Waals surface area contributed by atoms with Crippen LogP contribution in [0, 0.1) is 5.92 Å². The Hall–Kier alpha value is -2.56. The number of hydrogen-bond acceptors (Lipinski definition) is 3. The van der Waals surface area contributed by atoms with E-state index in [1.165, 1.54) is 22.4 Å². The molecule has 1 fully saturated rings. The zero-order valence-corrected chi connectivity index (χ0v) is 16.6. The molecule has 0 saturated carbocycles. The number of likely N-dealkylation sites (tertiary alicyclic amines) is 1. The predicted molar refractivity (Wildman–Crippen MR) is 109 cm³/mol. The van der Waals surface area contributed by atoms with Crippen molar-refractivity contribution in [1.82, 2.24) is 15.1 Å². The van der Waals surface area contributed by atoms with Crippen LogP contribution in [0.3, 0.4) is 0 Å². The van der Waals surface area contributed by atoms with Crippen molar-refractivity contribution in [3.05, 3.63) is 58.8 Å². The van der Waals surface area contributed by atoms with Crippen LogP contribution >= 0.6 is 0 Å². The number of hydrogen-bond donors (Lipinski definition) is 1. The molecule has 2 heterocycles. The van der Waals surface area contributed by atoms with Crippen molar-refractivity contribution in [3.63, 3.8) is 0 Å². The lowest BCUT2D eigenvalue weighted by Crippen LogP contribution is -2.42. The van der Waals surface area contributed by atoms with Gasteiger partial charge in [0.1, 0.15) is 0 Å². The van der Waals surface area contributed by atoms with Crippen LogP contribution in [0.1, 0.15) is 36.5 Å². The fourth-order valence-electron chi connectivity index (χ4n) is 4.33. The number of carbonyl (C=O) groups excluding carboxylic acids is 2. The molecule has 2 amide bonds. The van der Waals surface area contributed by atoms with E-state index in [9.17, 15) is 9.59 Å². The van der Waals surface area contributed by atoms with Crippen LogP contribution < -0.4 is 5.32 Å². The maximum absolute atomic E-state index is 12.5. The topological polar surface area (TPSA) is 52.7 Å². The van der Waals surface area contributed by atoms with Gasteiger partial charge in [-0.25, -0.2) is 0 Å². The molecule has 5 heteroatoms. The molecule has 1 aromatic rings. The van der Waals surface area contributed by atoms with Crippen molar-refractivity contribution in [2.75, 3.05) is 26.2 Å². The summed E-state index contributed by atoms with van der Waals surface area (Å²) in [6.07, 6.45) is 10.1. The Labute approximate surface area is 167 Å². The van der Waals surface area contributed by atoms with Crippen LogP contribution in [0.2, 0.25) is 0 Å². The summed E-state index contributed by atoms with van der Waals surface area (Å²) in [5, 5.41) is 3.11. The molecular weight excluding hydrogens is 350 g/mol. The number of piperidine rings is 1. The minimum Gasteiger partial charge on any atom is -0.371 e. The lowest BCUT2D eigenvalue weighted by molar-refractivity contribution is -0.134. The van der Waals surface area contributed by atoms with E-state index in [-0.39, 0.29) is 17.7 Å². The number of fused-ring (bicyclic) bond motifs is 1. The van der Waals surface area contributed by atoms with E-state index in [1.54, 1.807) is 6.92 Å². The summed E-state index contributed by atoms with van der Waals surface area (Å²) in [7, 11) is 0. The van der Waals surface area contributed by atoms with Gasteiger partial charge in [-0.05, 0) is 54.5 Å². The Balaban J connectivity index is 1.30. The van der Waals surface area contributed by atoms with Crippen LogP contribution in [0.5, 0.6) is 0 Å². The van der Waals surface area contributed by atoms with Gasteiger partial charge in [-0.3, -0.25) is 9.59 Å². The first-order valence-corrected chi connectivity index (χ1v) is 10.4. The van der Waals surface area contributed by atoms with E-state index < -0.39 is 0 Å². The predicted octanol–water partition coefficient (Wildman–Crippen LogP) is 2.42. The molecule has 0 aromatic heterocycles. The molecule has 3 aliphatic rings. The molecule has 0 bridgehead atoms. The lowest BCUT2D eigenvalue weighted by atomic mass is 9.95. The molecular formula is C23H29N3O2. The Bertz CT molecular complexity index is 819. The van der Waals surface area contributed by atoms with Crippen LogP contribution in [0.15, 0.2) is 42.1 Å². The van der Waals surface area contributed by atoms with E-state index in [1.807, 2.05) is 4.90 Å². The van der Waals surface area contributed by atoms with Gasteiger partial charge < -0.3 is 15.1 Å². The molecule has 0 spiro atoms. The second-order valence-corrected chi connectivity index (χ2v) is 8.04. The largest absolute Gasteiger partial charge is 0.371 e. The first-order valence-electron chi connectivity index (χ1n) is 10.4. The van der Waals surface area contributed by atoms with Gasteiger partial charge in [0.25, 0.3) is 0 Å². The molecule has 148 valence electrons. The molecule has 28 heavy (non-hydrogen) atoms. The summed E-state index contributed by atoms with van der Waals surface area (Å²) in [5.41, 5.74) is 5.35. The lowest BCUT2D eigenvalue weighted by Gasteiger charge is -2.30. The van der Waals surface area contributed by atoms with Gasteiger partial charge in [-0.15, -0.1) is 0 Å². The van der Waals surface area contributed by atoms with Gasteiger partial charge >= 0.3 is 0 Å². The Morgan fingerprint density at radius 3 is 2.43 bits per heavy atom. The maximum atomic E-state index is 12.5. The van der Waals surface area contributed by atoms with Crippen molar-refractivity contribution in [2.24, 2.45) is 5.92 Å². The number of allylic oxidation sites excluding steroid dienone is 3. The van der Waals surface area contributed by atoms with Crippen molar-refractivity contribution in [3.8, 4) is 0 Å². The third-order valence-corrected chi connectivity index (χ3v) is 6.25. The second kappa shape index (κ2) is 8.21. The zero-order valence-electron chi connectivity index (χ0n) is 16.6. The Kier molecular flexibility index (Phi) is 5.51. The average molecular weight is 380 g/mol. The highest BCUT2D eigenvalue weighted by atomic mass is 16.2. The number of benzene rings is 1. The maximum Gasteiger partial charge on any atom is 0.223 e. The van der Waals surface area contributed by atoms with Crippen molar-refractivity contribution in [1.29, 1.82) is 0 Å². The summed E-state index contributed by atoms with van der Waals surface area (Å²) in [6.45, 7) is 5.67. The molecule has 5 nitrogen and oxygen atoms in total. The third kappa shape index (κ3) is 4.13. The second-order valence-electron chi connectivity index (χ2n) is 8.04. The van der Waals surface area contributed by atoms with E-state index in [0.29, 0.717) is 19.6 Å². The fourth-order valence-corrected chi connectivity index (χ4v) is 4.33. The average Bonchev–Trinajstić information content (AvgIpc) is 2.87. The van der Waals surface area contributed by atoms with Gasteiger partial charge in [-0.2, -0.15) is 0 Å². The molecule has 2 aliphatic heterocycles. The molecule has 0 radical (unpaired) electrons. The molecule has 1 saturated heterocycles. The summed E-state index contributed by atoms with van der Waals surface area (Å²) in [4.78, 5) is 28.2. The minimum atomic E-state index is 0.0220. The highest BCUT2D eigenvalue weighted by Crippen LogP contribution is 2.23. The van der Waals surface area contributed by atoms with Crippen LogP contribution in [-0.4, -0.2) is 47.8 Å². The first-order chi connectivity index (χ1) is 13.6. The zero-order chi connectivity index (χ0) is 19.5. The summed E-state index contributed by atoms with van der Waals surface area (Å²) in [6, 6.07) is 6.65. The molecule has 1 N–H and O–H groups in total. The van der Waals surface area contributed by atoms with Crippen molar-refractivity contribution >= 4 is 11.8 Å². The molecule has 0 unspecified atom stereocenters. The van der Waals surface area contributed by atoms with Gasteiger partial charge in [0.15, 0.2) is 0 Å². The Morgan fingerprint density at radius 2 is 1.79 bits per heavy atom. The van der Waals surface area contributed by atoms with Gasteiger partial charge in [0.05, 0.1) is 0 Å². The van der Waals surface area contributed by atoms with E-state index >= 15 is 0 Å². The van der Waals surface area contributed by atoms with Crippen molar-refractivity contribution < 1.29 is 9.59 Å². The van der Waals surface area contributed by atoms with Crippen LogP contribution in [0.25, 0.3) is 0 Å². The first kappa shape index (κ1) is 18.8. The number of nitrogens with zero attached hydrogens (tertiary/aromatic N) is 2. The molecule has 1 aromatic carbocycles. The SMILES string of the molecule is CC(=O)N1CCC(C(=O)NCc2ccc3c(c2)CCN(C2=CC=C2)CC3)CC1. The quantitative estimate of drug-likeness (QED) is 0.874. The monoisotopic (exact) mass is 379 g/mol. The number of rotatable bonds is 4. The van der Waals surface area contributed by atoms with E-state index in [0.717, 1.165) is 38.8 Å². The van der Waals surface area contributed by atoms with E-state index in [2.05, 4.69) is 46.6 Å². The number of nitrogens with one attached hydrogen (secondary N) is 1. The number of amides is 2. The Morgan fingerprint density at radius 1 is 1.07 bits per heavy atom. The van der Waals surface area contributed by atoms with E-state index in [4.69, 9.17) is 0 Å². The van der Waals surface area contributed by atoms with Crippen LogP contribution in [0.4, 0.5) is 0 Å². The van der Waals surface area contributed by atoms with Crippen LogP contribution in [-0.2, 0) is 29.0 Å². The number of carbonyl (C=O) groups is 2. The summed E-state index contributed by atoms with van der Waals surface area (Å²) >= 11 is 0. The third-order valence-electron chi connectivity index (χ3n) is 6.25. The van der Waals surface area contributed by atoms with Gasteiger partial charge in [0.2, 0.25) is 11.8 Å². The normalized spacial score (nSPS) is 19.4.